The molecule has 0 amide bonds. The topological polar surface area (TPSA) is 35.2 Å². The molecule has 4 nitrogen and oxygen atoms in total. The molecule has 24 heavy (non-hydrogen) atoms. The van der Waals surface area contributed by atoms with E-state index in [0.29, 0.717) is 12.0 Å². The van der Waals surface area contributed by atoms with Crippen LogP contribution in [0.15, 0.2) is 12.5 Å². The van der Waals surface area contributed by atoms with Crippen molar-refractivity contribution >= 4 is 0 Å². The van der Waals surface area contributed by atoms with Crippen LogP contribution in [-0.4, -0.2) is 45.2 Å². The Labute approximate surface area is 148 Å². The smallest absolute Gasteiger partial charge is 0.0921 e. The summed E-state index contributed by atoms with van der Waals surface area (Å²) < 4.78 is 0. The number of aromatic nitrogens is 2. The van der Waals surface area contributed by atoms with Gasteiger partial charge in [-0.25, -0.2) is 15.0 Å². The minimum atomic E-state index is 0.669. The molecule has 0 radical (unpaired) electrons. The van der Waals surface area contributed by atoms with E-state index >= 15 is 0 Å². The third-order valence-corrected chi connectivity index (χ3v) is 6.13. The monoisotopic (exact) mass is 332 g/mol. The molecule has 4 heteroatoms. The lowest BCUT2D eigenvalue weighted by Crippen LogP contribution is -2.55. The van der Waals surface area contributed by atoms with Gasteiger partial charge in [-0.05, 0) is 39.0 Å². The van der Waals surface area contributed by atoms with E-state index in [2.05, 4.69) is 33.8 Å². The number of imidazole rings is 1. The Balaban J connectivity index is 1.62. The Morgan fingerprint density at radius 2 is 1.96 bits per heavy atom. The van der Waals surface area contributed by atoms with Crippen molar-refractivity contribution in [2.24, 2.45) is 0 Å². The molecule has 0 spiro atoms. The van der Waals surface area contributed by atoms with Crippen LogP contribution in [0.25, 0.3) is 0 Å². The minimum Gasteiger partial charge on any atom is -0.348 e. The molecule has 1 saturated carbocycles. The summed E-state index contributed by atoms with van der Waals surface area (Å²) in [5.41, 5.74) is 1.33. The summed E-state index contributed by atoms with van der Waals surface area (Å²) in [7, 11) is 0. The van der Waals surface area contributed by atoms with Crippen molar-refractivity contribution in [2.75, 3.05) is 13.1 Å². The van der Waals surface area contributed by atoms with Crippen molar-refractivity contribution in [3.05, 3.63) is 18.2 Å². The van der Waals surface area contributed by atoms with Crippen molar-refractivity contribution in [3.8, 4) is 0 Å². The molecule has 3 rings (SSSR count). The zero-order chi connectivity index (χ0) is 16.8. The van der Waals surface area contributed by atoms with Crippen molar-refractivity contribution in [2.45, 2.75) is 96.1 Å². The van der Waals surface area contributed by atoms with E-state index in [1.165, 1.54) is 83.0 Å². The van der Waals surface area contributed by atoms with E-state index in [4.69, 9.17) is 0 Å². The number of nitrogens with zero attached hydrogens (tertiary/aromatic N) is 3. The van der Waals surface area contributed by atoms with Gasteiger partial charge in [0.1, 0.15) is 0 Å². The summed E-state index contributed by atoms with van der Waals surface area (Å²) in [5.74, 6) is 0.669. The number of hydrogen-bond acceptors (Lipinski definition) is 3. The van der Waals surface area contributed by atoms with Gasteiger partial charge in [-0.2, -0.15) is 0 Å². The predicted octanol–water partition coefficient (Wildman–Crippen LogP) is 4.72. The number of unbranched alkanes of at least 4 members (excludes halogenated alkanes) is 1. The van der Waals surface area contributed by atoms with Gasteiger partial charge >= 0.3 is 0 Å². The zero-order valence-corrected chi connectivity index (χ0v) is 15.7. The van der Waals surface area contributed by atoms with Crippen LogP contribution >= 0.6 is 0 Å². The van der Waals surface area contributed by atoms with E-state index in [1.54, 1.807) is 0 Å². The summed E-state index contributed by atoms with van der Waals surface area (Å²) in [6, 6.07) is 1.48. The average Bonchev–Trinajstić information content (AvgIpc) is 3.16. The Bertz CT molecular complexity index is 444. The Kier molecular flexibility index (Phi) is 6.73. The van der Waals surface area contributed by atoms with Gasteiger partial charge in [-0.3, -0.25) is 0 Å². The lowest BCUT2D eigenvalue weighted by atomic mass is 9.92. The largest absolute Gasteiger partial charge is 0.348 e. The molecular weight excluding hydrogens is 296 g/mol. The first-order chi connectivity index (χ1) is 11.8. The third kappa shape index (κ3) is 4.40. The van der Waals surface area contributed by atoms with Gasteiger partial charge in [-0.1, -0.05) is 39.0 Å². The maximum Gasteiger partial charge on any atom is 0.0921 e. The fourth-order valence-electron chi connectivity index (χ4n) is 4.74. The number of aromatic amines is 1. The fraction of sp³-hybridized carbons (Fsp3) is 0.850. The SMILES string of the molecule is CCCCC(C)N(C1CCCCC1)N1CCC(c2cnc[nH]2)CC1. The molecule has 0 aromatic carbocycles. The number of hydrogen-bond donors (Lipinski definition) is 1. The number of H-pyrrole nitrogens is 1. The molecule has 1 unspecified atom stereocenters. The van der Waals surface area contributed by atoms with Crippen LogP contribution in [0.4, 0.5) is 0 Å². The van der Waals surface area contributed by atoms with E-state index in [9.17, 15) is 0 Å². The first-order valence-electron chi connectivity index (χ1n) is 10.3. The molecule has 2 heterocycles. The quantitative estimate of drug-likeness (QED) is 0.785. The maximum atomic E-state index is 4.21. The second-order valence-electron chi connectivity index (χ2n) is 7.90. The number of nitrogens with one attached hydrogen (secondary N) is 1. The molecule has 0 bridgehead atoms. The van der Waals surface area contributed by atoms with Crippen LogP contribution < -0.4 is 0 Å². The second kappa shape index (κ2) is 9.00. The molecule has 1 saturated heterocycles. The summed E-state index contributed by atoms with van der Waals surface area (Å²) in [6.45, 7) is 7.19. The number of rotatable bonds is 7. The fourth-order valence-corrected chi connectivity index (χ4v) is 4.74. The standard InChI is InChI=1S/C20H36N4/c1-3-4-8-17(2)24(19-9-6-5-7-10-19)23-13-11-18(12-14-23)20-15-21-16-22-20/h15-19H,3-14H2,1-2H3,(H,21,22). The molecule has 136 valence electrons. The molecule has 2 fully saturated rings. The minimum absolute atomic E-state index is 0.669. The van der Waals surface area contributed by atoms with Crippen LogP contribution in [-0.2, 0) is 0 Å². The van der Waals surface area contributed by atoms with Gasteiger partial charge in [0.25, 0.3) is 0 Å². The van der Waals surface area contributed by atoms with Crippen molar-refractivity contribution in [1.29, 1.82) is 0 Å². The second-order valence-corrected chi connectivity index (χ2v) is 7.90. The summed E-state index contributed by atoms with van der Waals surface area (Å²) in [4.78, 5) is 7.53. The zero-order valence-electron chi connectivity index (χ0n) is 15.7. The molecule has 1 aliphatic carbocycles. The van der Waals surface area contributed by atoms with Gasteiger partial charge in [-0.15, -0.1) is 0 Å². The van der Waals surface area contributed by atoms with Crippen molar-refractivity contribution in [1.82, 2.24) is 20.0 Å². The molecule has 1 aromatic heterocycles. The first-order valence-corrected chi connectivity index (χ1v) is 10.3. The maximum absolute atomic E-state index is 4.21. The number of hydrazine groups is 1. The van der Waals surface area contributed by atoms with Crippen molar-refractivity contribution in [3.63, 3.8) is 0 Å². The lowest BCUT2D eigenvalue weighted by Gasteiger charge is -2.48. The molecule has 2 aliphatic rings. The van der Waals surface area contributed by atoms with Gasteiger partial charge in [0.2, 0.25) is 0 Å². The Hall–Kier alpha value is -0.870. The number of piperidine rings is 1. The molecule has 1 aromatic rings. The normalized spacial score (nSPS) is 23.0. The summed E-state index contributed by atoms with van der Waals surface area (Å²) >= 11 is 0. The van der Waals surface area contributed by atoms with Gasteiger partial charge < -0.3 is 4.98 Å². The van der Waals surface area contributed by atoms with Crippen molar-refractivity contribution < 1.29 is 0 Å². The predicted molar refractivity (Wildman–Crippen MR) is 99.8 cm³/mol. The Morgan fingerprint density at radius 1 is 1.21 bits per heavy atom. The van der Waals surface area contributed by atoms with Crippen LogP contribution in [0.1, 0.15) is 89.7 Å². The highest BCUT2D eigenvalue weighted by atomic mass is 15.6. The molecule has 1 atom stereocenters. The van der Waals surface area contributed by atoms with E-state index in [1.807, 2.05) is 12.5 Å². The van der Waals surface area contributed by atoms with E-state index in [-0.39, 0.29) is 0 Å². The van der Waals surface area contributed by atoms with E-state index in [0.717, 1.165) is 6.04 Å². The van der Waals surface area contributed by atoms with Crippen LogP contribution in [0, 0.1) is 0 Å². The van der Waals surface area contributed by atoms with Crippen LogP contribution in [0.2, 0.25) is 0 Å². The van der Waals surface area contributed by atoms with Crippen LogP contribution in [0.5, 0.6) is 0 Å². The summed E-state index contributed by atoms with van der Waals surface area (Å²) in [5, 5.41) is 5.53. The highest BCUT2D eigenvalue weighted by Crippen LogP contribution is 2.32. The Morgan fingerprint density at radius 3 is 2.58 bits per heavy atom. The summed E-state index contributed by atoms with van der Waals surface area (Å²) in [6.07, 6.45) is 17.4. The first kappa shape index (κ1) is 17.9. The highest BCUT2D eigenvalue weighted by molar-refractivity contribution is 5.04. The third-order valence-electron chi connectivity index (χ3n) is 6.13. The average molecular weight is 333 g/mol. The van der Waals surface area contributed by atoms with Gasteiger partial charge in [0.05, 0.1) is 6.33 Å². The van der Waals surface area contributed by atoms with Gasteiger partial charge in [0.15, 0.2) is 0 Å². The molecule has 1 N–H and O–H groups in total. The van der Waals surface area contributed by atoms with E-state index < -0.39 is 0 Å². The molecular formula is C20H36N4. The van der Waals surface area contributed by atoms with Crippen LogP contribution in [0.3, 0.4) is 0 Å². The lowest BCUT2D eigenvalue weighted by molar-refractivity contribution is -0.113. The molecule has 1 aliphatic heterocycles. The van der Waals surface area contributed by atoms with Gasteiger partial charge in [0, 0.05) is 43.0 Å². The highest BCUT2D eigenvalue weighted by Gasteiger charge is 2.32.